The Labute approximate surface area is 120 Å². The number of thiophene rings is 1. The molecule has 4 heteroatoms. The van der Waals surface area contributed by atoms with Gasteiger partial charge in [-0.3, -0.25) is 4.79 Å². The third-order valence-electron chi connectivity index (χ3n) is 3.25. The first-order chi connectivity index (χ1) is 8.84. The van der Waals surface area contributed by atoms with Gasteiger partial charge in [-0.15, -0.1) is 11.3 Å². The molecular weight excluding hydrogens is 256 g/mol. The maximum Gasteiger partial charge on any atom is 0.222 e. The number of carbonyl (C=O) groups excluding carboxylic acids is 1. The minimum Gasteiger partial charge on any atom is -0.345 e. The number of nitrogens with zero attached hydrogens (tertiary/aromatic N) is 1. The summed E-state index contributed by atoms with van der Waals surface area (Å²) < 4.78 is 0. The zero-order chi connectivity index (χ0) is 14.5. The third kappa shape index (κ3) is 5.74. The Bertz CT molecular complexity index is 412. The van der Waals surface area contributed by atoms with Gasteiger partial charge in [0, 0.05) is 29.8 Å². The number of hydrogen-bond acceptors (Lipinski definition) is 3. The van der Waals surface area contributed by atoms with Crippen LogP contribution < -0.4 is 5.73 Å². The van der Waals surface area contributed by atoms with Crippen LogP contribution >= 0.6 is 11.3 Å². The molecule has 0 spiro atoms. The fraction of sp³-hybridized carbons (Fsp3) is 0.667. The molecule has 0 atom stereocenters. The van der Waals surface area contributed by atoms with E-state index in [-0.39, 0.29) is 11.3 Å². The van der Waals surface area contributed by atoms with Crippen LogP contribution in [-0.4, -0.2) is 30.9 Å². The smallest absolute Gasteiger partial charge is 0.222 e. The molecule has 0 bridgehead atoms. The molecule has 1 amide bonds. The van der Waals surface area contributed by atoms with Crippen molar-refractivity contribution >= 4 is 17.2 Å². The van der Waals surface area contributed by atoms with E-state index in [4.69, 9.17) is 5.73 Å². The van der Waals surface area contributed by atoms with Gasteiger partial charge in [0.25, 0.3) is 0 Å². The molecule has 3 nitrogen and oxygen atoms in total. The van der Waals surface area contributed by atoms with Crippen LogP contribution in [0.3, 0.4) is 0 Å². The lowest BCUT2D eigenvalue weighted by Gasteiger charge is -2.29. The van der Waals surface area contributed by atoms with Gasteiger partial charge >= 0.3 is 0 Å². The van der Waals surface area contributed by atoms with Crippen molar-refractivity contribution in [1.29, 1.82) is 0 Å². The lowest BCUT2D eigenvalue weighted by molar-refractivity contribution is -0.131. The minimum atomic E-state index is -0.00469. The van der Waals surface area contributed by atoms with Gasteiger partial charge in [-0.1, -0.05) is 13.8 Å². The number of amides is 1. The fourth-order valence-corrected chi connectivity index (χ4v) is 2.95. The number of nitrogens with two attached hydrogens (primary N) is 1. The Morgan fingerprint density at radius 3 is 2.63 bits per heavy atom. The van der Waals surface area contributed by atoms with Crippen molar-refractivity contribution in [2.24, 2.45) is 11.1 Å². The van der Waals surface area contributed by atoms with Crippen molar-refractivity contribution in [2.75, 3.05) is 20.1 Å². The van der Waals surface area contributed by atoms with Crippen LogP contribution in [0.5, 0.6) is 0 Å². The van der Waals surface area contributed by atoms with E-state index in [1.807, 2.05) is 23.3 Å². The van der Waals surface area contributed by atoms with E-state index in [1.54, 1.807) is 0 Å². The molecule has 0 aromatic carbocycles. The predicted molar refractivity (Wildman–Crippen MR) is 82.5 cm³/mol. The van der Waals surface area contributed by atoms with Crippen LogP contribution in [-0.2, 0) is 11.2 Å². The molecule has 0 radical (unpaired) electrons. The zero-order valence-electron chi connectivity index (χ0n) is 12.5. The molecule has 0 aliphatic carbocycles. The molecule has 0 saturated heterocycles. The summed E-state index contributed by atoms with van der Waals surface area (Å²) in [4.78, 5) is 16.5. The number of aryl methyl sites for hydroxylation is 2. The highest BCUT2D eigenvalue weighted by Crippen LogP contribution is 2.18. The lowest BCUT2D eigenvalue weighted by atomic mass is 9.93. The van der Waals surface area contributed by atoms with Gasteiger partial charge in [-0.05, 0) is 43.9 Å². The summed E-state index contributed by atoms with van der Waals surface area (Å²) in [5.41, 5.74) is 5.69. The maximum atomic E-state index is 12.0. The highest BCUT2D eigenvalue weighted by molar-refractivity contribution is 7.11. The molecule has 2 N–H and O–H groups in total. The van der Waals surface area contributed by atoms with Crippen molar-refractivity contribution < 1.29 is 4.79 Å². The summed E-state index contributed by atoms with van der Waals surface area (Å²) in [5.74, 6) is 0.217. The number of carbonyl (C=O) groups is 1. The SMILES string of the molecule is Cc1ccc(CCCC(=O)N(C)CC(C)(C)CN)s1. The van der Waals surface area contributed by atoms with E-state index in [1.165, 1.54) is 9.75 Å². The summed E-state index contributed by atoms with van der Waals surface area (Å²) in [7, 11) is 1.87. The largest absolute Gasteiger partial charge is 0.345 e. The van der Waals surface area contributed by atoms with Crippen LogP contribution in [0.15, 0.2) is 12.1 Å². The van der Waals surface area contributed by atoms with Crippen LogP contribution in [0, 0.1) is 12.3 Å². The molecule has 1 aromatic rings. The quantitative estimate of drug-likeness (QED) is 0.836. The van der Waals surface area contributed by atoms with E-state index in [0.717, 1.165) is 19.4 Å². The molecule has 108 valence electrons. The average Bonchev–Trinajstić information content (AvgIpc) is 2.74. The summed E-state index contributed by atoms with van der Waals surface area (Å²) >= 11 is 1.82. The first-order valence-electron chi connectivity index (χ1n) is 6.83. The summed E-state index contributed by atoms with van der Waals surface area (Å²) in [6.45, 7) is 7.61. The van der Waals surface area contributed by atoms with Gasteiger partial charge in [0.05, 0.1) is 0 Å². The Morgan fingerprint density at radius 2 is 2.11 bits per heavy atom. The van der Waals surface area contributed by atoms with Gasteiger partial charge in [0.2, 0.25) is 5.91 Å². The summed E-state index contributed by atoms with van der Waals surface area (Å²) in [6.07, 6.45) is 2.54. The van der Waals surface area contributed by atoms with Gasteiger partial charge in [-0.25, -0.2) is 0 Å². The molecule has 1 rings (SSSR count). The molecule has 1 aromatic heterocycles. The second kappa shape index (κ2) is 7.06. The van der Waals surface area contributed by atoms with E-state index < -0.39 is 0 Å². The standard InChI is InChI=1S/C15H26N2OS/c1-12-8-9-13(19-12)6-5-7-14(18)17(4)11-15(2,3)10-16/h8-9H,5-7,10-11,16H2,1-4H3. The van der Waals surface area contributed by atoms with Crippen molar-refractivity contribution in [1.82, 2.24) is 4.90 Å². The second-order valence-corrected chi connectivity index (χ2v) is 7.36. The minimum absolute atomic E-state index is 0.00469. The van der Waals surface area contributed by atoms with Crippen LogP contribution in [0.4, 0.5) is 0 Å². The molecule has 1 heterocycles. The monoisotopic (exact) mass is 282 g/mol. The first kappa shape index (κ1) is 16.2. The molecule has 0 unspecified atom stereocenters. The zero-order valence-corrected chi connectivity index (χ0v) is 13.3. The second-order valence-electron chi connectivity index (χ2n) is 5.98. The summed E-state index contributed by atoms with van der Waals surface area (Å²) in [5, 5.41) is 0. The van der Waals surface area contributed by atoms with Gasteiger partial charge < -0.3 is 10.6 Å². The molecule has 0 fully saturated rings. The van der Waals surface area contributed by atoms with E-state index in [2.05, 4.69) is 32.9 Å². The van der Waals surface area contributed by atoms with Crippen LogP contribution in [0.25, 0.3) is 0 Å². The maximum absolute atomic E-state index is 12.0. The van der Waals surface area contributed by atoms with Crippen molar-refractivity contribution in [3.63, 3.8) is 0 Å². The lowest BCUT2D eigenvalue weighted by Crippen LogP contribution is -2.39. The third-order valence-corrected chi connectivity index (χ3v) is 4.31. The van der Waals surface area contributed by atoms with E-state index in [9.17, 15) is 4.79 Å². The molecular formula is C15H26N2OS. The first-order valence-corrected chi connectivity index (χ1v) is 7.65. The van der Waals surface area contributed by atoms with Crippen molar-refractivity contribution in [3.8, 4) is 0 Å². The Balaban J connectivity index is 2.31. The number of rotatable bonds is 7. The predicted octanol–water partition coefficient (Wildman–Crippen LogP) is 2.82. The summed E-state index contributed by atoms with van der Waals surface area (Å²) in [6, 6.07) is 4.30. The highest BCUT2D eigenvalue weighted by Gasteiger charge is 2.20. The molecule has 19 heavy (non-hydrogen) atoms. The Morgan fingerprint density at radius 1 is 1.42 bits per heavy atom. The number of hydrogen-bond donors (Lipinski definition) is 1. The van der Waals surface area contributed by atoms with Crippen molar-refractivity contribution in [3.05, 3.63) is 21.9 Å². The molecule has 0 aliphatic rings. The van der Waals surface area contributed by atoms with Crippen molar-refractivity contribution in [2.45, 2.75) is 40.0 Å². The van der Waals surface area contributed by atoms with Gasteiger partial charge in [0.15, 0.2) is 0 Å². The van der Waals surface area contributed by atoms with Gasteiger partial charge in [-0.2, -0.15) is 0 Å². The molecule has 0 aliphatic heterocycles. The van der Waals surface area contributed by atoms with Crippen LogP contribution in [0.1, 0.15) is 36.4 Å². The Hall–Kier alpha value is -0.870. The molecule has 0 saturated carbocycles. The van der Waals surface area contributed by atoms with Crippen LogP contribution in [0.2, 0.25) is 0 Å². The average molecular weight is 282 g/mol. The Kier molecular flexibility index (Phi) is 6.01. The normalized spacial score (nSPS) is 11.6. The fourth-order valence-electron chi connectivity index (χ4n) is 2.02. The van der Waals surface area contributed by atoms with Gasteiger partial charge in [0.1, 0.15) is 0 Å². The topological polar surface area (TPSA) is 46.3 Å². The van der Waals surface area contributed by atoms with E-state index >= 15 is 0 Å². The van der Waals surface area contributed by atoms with E-state index in [0.29, 0.717) is 13.0 Å². The highest BCUT2D eigenvalue weighted by atomic mass is 32.1.